The van der Waals surface area contributed by atoms with E-state index in [1.165, 1.54) is 122 Å². The maximum Gasteiger partial charge on any atom is 0.573 e. The van der Waals surface area contributed by atoms with Gasteiger partial charge in [-0.15, -0.1) is 115 Å². The fourth-order valence-electron chi connectivity index (χ4n) is 15.9. The summed E-state index contributed by atoms with van der Waals surface area (Å²) in [6.45, 7) is 13.4. The monoisotopic (exact) mass is 1970 g/mol. The molecule has 11 aromatic carbocycles. The summed E-state index contributed by atoms with van der Waals surface area (Å²) in [6, 6.07) is 73.4. The summed E-state index contributed by atoms with van der Waals surface area (Å²) in [7, 11) is -1.81. The molecule has 134 heavy (non-hydrogen) atoms. The number of halogens is 19. The van der Waals surface area contributed by atoms with Crippen LogP contribution in [0.3, 0.4) is 0 Å². The molecule has 0 saturated carbocycles. The van der Waals surface area contributed by atoms with Gasteiger partial charge in [0, 0.05) is 136 Å². The molecular formula is C96H110BCl4F15N8O10. The minimum absolute atomic E-state index is 0. The number of hydrogen-bond acceptors (Lipinski definition) is 18. The van der Waals surface area contributed by atoms with Crippen molar-refractivity contribution < 1.29 is 115 Å². The lowest BCUT2D eigenvalue weighted by Gasteiger charge is -2.36. The van der Waals surface area contributed by atoms with E-state index in [0.29, 0.717) is 30.9 Å². The number of aliphatic hydroxyl groups excluding tert-OH is 2. The molecule has 16 rings (SSSR count). The van der Waals surface area contributed by atoms with Crippen LogP contribution in [0.4, 0.5) is 88.6 Å². The molecule has 0 spiro atoms. The van der Waals surface area contributed by atoms with Gasteiger partial charge in [-0.25, -0.2) is 0 Å². The quantitative estimate of drug-likeness (QED) is 0.0314. The molecule has 0 aliphatic carbocycles. The third-order valence-corrected chi connectivity index (χ3v) is 21.7. The predicted molar refractivity (Wildman–Crippen MR) is 504 cm³/mol. The molecule has 0 aromatic heterocycles. The first-order chi connectivity index (χ1) is 61.7. The topological polar surface area (TPSA) is 219 Å². The molecule has 0 amide bonds. The fraction of sp³-hybridized carbons (Fsp3) is 0.365. The highest BCUT2D eigenvalue weighted by Crippen LogP contribution is 2.36. The van der Waals surface area contributed by atoms with Gasteiger partial charge in [-0.3, -0.25) is 4.79 Å². The first-order valence-electron chi connectivity index (χ1n) is 42.7. The van der Waals surface area contributed by atoms with Crippen molar-refractivity contribution in [3.05, 3.63) is 265 Å². The van der Waals surface area contributed by atoms with Crippen molar-refractivity contribution in [2.45, 2.75) is 159 Å². The van der Waals surface area contributed by atoms with Gasteiger partial charge in [-0.05, 0) is 200 Å². The van der Waals surface area contributed by atoms with Gasteiger partial charge in [-0.2, -0.15) is 0 Å². The van der Waals surface area contributed by atoms with Crippen LogP contribution in [0, 0.1) is 0 Å². The number of nitrogens with zero attached hydrogens (tertiary/aromatic N) is 4. The highest BCUT2D eigenvalue weighted by molar-refractivity contribution is 6.58. The van der Waals surface area contributed by atoms with E-state index in [4.69, 9.17) is 20.9 Å². The van der Waals surface area contributed by atoms with E-state index in [-0.39, 0.29) is 127 Å². The van der Waals surface area contributed by atoms with E-state index >= 15 is 0 Å². The molecular weight excluding hydrogens is 1860 g/mol. The molecule has 2 unspecified atom stereocenters. The number of piperidine rings is 5. The SMILES string of the molecule is C[C@@H](N)c1cccc2ccccc12.C[C@@H](N[C@H]1CCCN(c2cccc(OC(F)(F)F)c2)C1)c1cccc2ccccc12.C[C@@H](N[C@H]1CCCN(c2cccc(OC(F)(F)F)c2)C1)c1cccc2ccccc12.Cl.Cl.Cl.Cl.O=C1CCCN(c2cccc(OC(F)(F)F)c2)C1.OB(O)c1cccc(OC(F)(F)F)c1.OC1CCCN(c2cccc(OC(F)(F)F)c2)C1.OC1CCCNC1. The molecule has 5 heterocycles. The second-order valence-electron chi connectivity index (χ2n) is 31.8. The molecule has 11 aromatic rings. The summed E-state index contributed by atoms with van der Waals surface area (Å²) >= 11 is 0. The van der Waals surface area contributed by atoms with Crippen LogP contribution in [0.15, 0.2) is 249 Å². The number of ketones is 1. The maximum absolute atomic E-state index is 12.5. The number of nitrogens with one attached hydrogen (secondary N) is 3. The van der Waals surface area contributed by atoms with Crippen molar-refractivity contribution in [3.63, 3.8) is 0 Å². The molecule has 5 aliphatic rings. The van der Waals surface area contributed by atoms with Crippen LogP contribution in [0.1, 0.15) is 120 Å². The zero-order valence-electron chi connectivity index (χ0n) is 73.3. The number of ether oxygens (including phenoxy) is 5. The highest BCUT2D eigenvalue weighted by atomic mass is 35.5. The standard InChI is InChI=1S/2C24H25F3N2O.C12H14F3NO2.C12H12F3NO2.C12H13N.C7H6BF3O3.C5H11NO.4ClH/c2*1-17(22-13-4-8-18-7-2-3-12-23(18)22)28-19-9-6-14-29(16-19)20-10-5-11-21(15-20)30-24(25,26)27;2*13-12(14,15)18-11-5-1-3-9(7-11)16-6-2-4-10(17)8-16;1-9(13)11-8-4-6-10-5-2-3-7-12(10)11;9-7(10,11)14-6-3-1-2-5(4-6)8(12)13;7-5-2-1-3-6-4-5;;;;/h2*2-5,7-8,10-13,15,17,19,28H,6,9,14,16H2,1H3;1,3,5,7,10,17H,2,4,6,8H2;1,3,5,7H,2,4,6,8H2;2-9H,13H2,1H3;1-4,12-13H;5-7H,1-4H2;4*1H/t2*17-,19+;;;9-;;;;;;/m11..1....../s1. The van der Waals surface area contributed by atoms with Crippen LogP contribution in [0.25, 0.3) is 32.3 Å². The van der Waals surface area contributed by atoms with Gasteiger partial charge in [0.15, 0.2) is 5.78 Å². The zero-order valence-corrected chi connectivity index (χ0v) is 76.6. The van der Waals surface area contributed by atoms with Crippen molar-refractivity contribution in [3.8, 4) is 28.7 Å². The van der Waals surface area contributed by atoms with E-state index in [9.17, 15) is 75.8 Å². The summed E-state index contributed by atoms with van der Waals surface area (Å²) < 4.78 is 202. The summed E-state index contributed by atoms with van der Waals surface area (Å²) in [4.78, 5) is 19.2. The number of nitrogens with two attached hydrogens (primary N) is 1. The molecule has 0 bridgehead atoms. The Bertz CT molecular complexity index is 5190. The molecule has 730 valence electrons. The van der Waals surface area contributed by atoms with Crippen molar-refractivity contribution in [2.75, 3.05) is 85.0 Å². The number of alkyl halides is 15. The molecule has 18 nitrogen and oxygen atoms in total. The Morgan fingerprint density at radius 2 is 0.694 bits per heavy atom. The summed E-state index contributed by atoms with van der Waals surface area (Å²) in [5.74, 6) is -1.25. The maximum atomic E-state index is 12.5. The molecule has 5 saturated heterocycles. The van der Waals surface area contributed by atoms with Crippen LogP contribution in [0.2, 0.25) is 0 Å². The Morgan fingerprint density at radius 3 is 1.03 bits per heavy atom. The van der Waals surface area contributed by atoms with Crippen LogP contribution >= 0.6 is 49.6 Å². The third-order valence-electron chi connectivity index (χ3n) is 21.7. The second kappa shape index (κ2) is 53.4. The Hall–Kier alpha value is -10.1. The average molecular weight is 1970 g/mol. The van der Waals surface area contributed by atoms with Crippen molar-refractivity contribution in [1.82, 2.24) is 16.0 Å². The van der Waals surface area contributed by atoms with Crippen molar-refractivity contribution in [1.29, 1.82) is 0 Å². The molecule has 0 radical (unpaired) electrons. The summed E-state index contributed by atoms with van der Waals surface area (Å²) in [5, 5.41) is 53.7. The zero-order chi connectivity index (χ0) is 93.8. The predicted octanol–water partition coefficient (Wildman–Crippen LogP) is 22.0. The van der Waals surface area contributed by atoms with Gasteiger partial charge in [0.2, 0.25) is 0 Å². The Morgan fingerprint density at radius 1 is 0.381 bits per heavy atom. The second-order valence-corrected chi connectivity index (χ2v) is 31.8. The van der Waals surface area contributed by atoms with E-state index < -0.39 is 50.8 Å². The van der Waals surface area contributed by atoms with E-state index in [1.807, 2.05) is 48.2 Å². The number of Topliss-reactive ketones (excluding diaryl/α,β-unsaturated/α-hetero) is 1. The van der Waals surface area contributed by atoms with Crippen LogP contribution in [-0.2, 0) is 4.79 Å². The van der Waals surface area contributed by atoms with E-state index in [2.05, 4.69) is 166 Å². The third kappa shape index (κ3) is 38.2. The number of anilines is 4. The average Bonchev–Trinajstić information content (AvgIpc) is 0.805. The normalized spacial score (nSPS) is 17.5. The van der Waals surface area contributed by atoms with Gasteiger partial charge < -0.3 is 85.2 Å². The molecule has 5 fully saturated rings. The lowest BCUT2D eigenvalue weighted by atomic mass is 9.80. The smallest absolute Gasteiger partial charge is 0.423 e. The number of hydrogen-bond donors (Lipinski definition) is 8. The van der Waals surface area contributed by atoms with Gasteiger partial charge >= 0.3 is 38.9 Å². The minimum atomic E-state index is -4.78. The van der Waals surface area contributed by atoms with E-state index in [0.717, 1.165) is 127 Å². The molecule has 38 heteroatoms. The number of carbonyl (C=O) groups is 1. The fourth-order valence-corrected chi connectivity index (χ4v) is 15.9. The number of β-amino-alcohol motifs (C(OH)–C–C–N with tert-alkyl or cyclic N) is 2. The van der Waals surface area contributed by atoms with Crippen molar-refractivity contribution in [2.24, 2.45) is 5.73 Å². The van der Waals surface area contributed by atoms with Crippen LogP contribution < -0.4 is 70.4 Å². The first kappa shape index (κ1) is 113. The molecule has 9 N–H and O–H groups in total. The van der Waals surface area contributed by atoms with E-state index in [1.54, 1.807) is 29.2 Å². The van der Waals surface area contributed by atoms with Gasteiger partial charge in [0.1, 0.15) is 28.7 Å². The lowest BCUT2D eigenvalue weighted by Crippen LogP contribution is -2.46. The van der Waals surface area contributed by atoms with Crippen LogP contribution in [-0.4, -0.2) is 155 Å². The largest absolute Gasteiger partial charge is 0.573 e. The highest BCUT2D eigenvalue weighted by Gasteiger charge is 2.36. The Kier molecular flexibility index (Phi) is 44.9. The number of rotatable bonds is 17. The van der Waals surface area contributed by atoms with Crippen LogP contribution in [0.5, 0.6) is 28.7 Å². The summed E-state index contributed by atoms with van der Waals surface area (Å²) in [5.41, 5.74) is 12.3. The lowest BCUT2D eigenvalue weighted by molar-refractivity contribution is -0.275. The van der Waals surface area contributed by atoms with Gasteiger partial charge in [0.25, 0.3) is 0 Å². The number of fused-ring (bicyclic) bond motifs is 3. The number of aliphatic hydroxyl groups is 2. The number of benzene rings is 11. The first-order valence-corrected chi connectivity index (χ1v) is 42.7. The molecule has 7 atom stereocenters. The van der Waals surface area contributed by atoms with Gasteiger partial charge in [-0.1, -0.05) is 164 Å². The number of carbonyl (C=O) groups excluding carboxylic acids is 1. The Labute approximate surface area is 793 Å². The van der Waals surface area contributed by atoms with Gasteiger partial charge in [0.05, 0.1) is 18.8 Å². The minimum Gasteiger partial charge on any atom is -0.423 e. The Balaban J connectivity index is 0.000000248. The summed E-state index contributed by atoms with van der Waals surface area (Å²) in [6.07, 6.45) is -15.1. The van der Waals surface area contributed by atoms with Crippen molar-refractivity contribution >= 4 is 123 Å². The molecule has 5 aliphatic heterocycles.